The second-order valence-corrected chi connectivity index (χ2v) is 8.42. The molecule has 14 heteroatoms. The molecule has 0 bridgehead atoms. The Labute approximate surface area is 223 Å². The summed E-state index contributed by atoms with van der Waals surface area (Å²) in [5, 5.41) is 33.4. The molecule has 1 aromatic heterocycles. The first kappa shape index (κ1) is 31.6. The number of anilines is 2. The standard InChI is InChI=1S/C23H25N5O3.2CH2O3/c1-23(2,3)31-22(30)28-19(16-7-5-4-6-8-16)20(29)26-17-11-9-15(10-12-17)18-13-14-25-21(24)27-18;2*2-1(3)4/h4-14,19H,1-3H3,(H,26,29)(H,28,30)(H2,24,25,27);2*(H2,2,3,4)/t19-;;/m0../s1. The van der Waals surface area contributed by atoms with E-state index in [1.807, 2.05) is 18.2 Å². The number of rotatable bonds is 5. The lowest BCUT2D eigenvalue weighted by atomic mass is 10.1. The summed E-state index contributed by atoms with van der Waals surface area (Å²) < 4.78 is 5.31. The Bertz CT molecular complexity index is 1230. The fraction of sp³-hybridized carbons (Fsp3) is 0.200. The molecular formula is C25H29N5O9. The highest BCUT2D eigenvalue weighted by atomic mass is 16.6. The summed E-state index contributed by atoms with van der Waals surface area (Å²) in [6.07, 6.45) is -2.76. The van der Waals surface area contributed by atoms with Crippen molar-refractivity contribution in [2.75, 3.05) is 11.1 Å². The summed E-state index contributed by atoms with van der Waals surface area (Å²) in [6, 6.07) is 16.9. The van der Waals surface area contributed by atoms with Gasteiger partial charge in [-0.25, -0.2) is 24.4 Å². The van der Waals surface area contributed by atoms with Gasteiger partial charge in [-0.1, -0.05) is 42.5 Å². The summed E-state index contributed by atoms with van der Waals surface area (Å²) in [6.45, 7) is 5.28. The van der Waals surface area contributed by atoms with Gasteiger partial charge in [-0.05, 0) is 44.5 Å². The zero-order chi connectivity index (χ0) is 29.6. The number of hydrogen-bond donors (Lipinski definition) is 7. The predicted octanol–water partition coefficient (Wildman–Crippen LogP) is 4.38. The highest BCUT2D eigenvalue weighted by Crippen LogP contribution is 2.22. The van der Waals surface area contributed by atoms with Gasteiger partial charge < -0.3 is 41.5 Å². The molecule has 1 heterocycles. The van der Waals surface area contributed by atoms with Crippen LogP contribution >= 0.6 is 0 Å². The van der Waals surface area contributed by atoms with Crippen LogP contribution in [0.5, 0.6) is 0 Å². The molecule has 0 fully saturated rings. The van der Waals surface area contributed by atoms with Crippen molar-refractivity contribution in [3.8, 4) is 11.3 Å². The number of amides is 2. The van der Waals surface area contributed by atoms with Gasteiger partial charge in [-0.2, -0.15) is 0 Å². The second-order valence-electron chi connectivity index (χ2n) is 8.42. The second kappa shape index (κ2) is 15.0. The number of nitrogens with zero attached hydrogens (tertiary/aromatic N) is 2. The highest BCUT2D eigenvalue weighted by Gasteiger charge is 2.26. The zero-order valence-corrected chi connectivity index (χ0v) is 21.2. The number of carbonyl (C=O) groups excluding carboxylic acids is 2. The Morgan fingerprint density at radius 1 is 0.872 bits per heavy atom. The molecule has 14 nitrogen and oxygen atoms in total. The molecule has 0 saturated carbocycles. The van der Waals surface area contributed by atoms with Crippen molar-refractivity contribution in [1.82, 2.24) is 15.3 Å². The fourth-order valence-corrected chi connectivity index (χ4v) is 2.84. The van der Waals surface area contributed by atoms with E-state index in [0.717, 1.165) is 5.56 Å². The van der Waals surface area contributed by atoms with Crippen LogP contribution < -0.4 is 16.4 Å². The van der Waals surface area contributed by atoms with E-state index in [-0.39, 0.29) is 5.95 Å². The molecule has 39 heavy (non-hydrogen) atoms. The topological polar surface area (TPSA) is 234 Å². The molecule has 0 radical (unpaired) electrons. The van der Waals surface area contributed by atoms with E-state index in [9.17, 15) is 9.59 Å². The van der Waals surface area contributed by atoms with Crippen LogP contribution in [0.15, 0.2) is 66.9 Å². The Morgan fingerprint density at radius 2 is 1.41 bits per heavy atom. The largest absolute Gasteiger partial charge is 0.503 e. The number of aromatic nitrogens is 2. The van der Waals surface area contributed by atoms with Crippen LogP contribution in [0.4, 0.5) is 26.0 Å². The SMILES string of the molecule is CC(C)(C)OC(=O)N[C@H](C(=O)Nc1ccc(-c2ccnc(N)n2)cc1)c1ccccc1.O=C(O)O.O=C(O)O. The molecule has 0 aliphatic carbocycles. The highest BCUT2D eigenvalue weighted by molar-refractivity contribution is 5.97. The molecule has 0 saturated heterocycles. The molecule has 0 aliphatic rings. The number of carboxylic acid groups (broad SMARTS) is 4. The lowest BCUT2D eigenvalue weighted by Gasteiger charge is -2.23. The number of ether oxygens (including phenoxy) is 1. The molecule has 1 atom stereocenters. The van der Waals surface area contributed by atoms with Crippen LogP contribution in [-0.2, 0) is 9.53 Å². The number of nitrogens with one attached hydrogen (secondary N) is 2. The molecule has 8 N–H and O–H groups in total. The lowest BCUT2D eigenvalue weighted by molar-refractivity contribution is -0.118. The lowest BCUT2D eigenvalue weighted by Crippen LogP contribution is -2.40. The van der Waals surface area contributed by atoms with Crippen LogP contribution in [0.1, 0.15) is 32.4 Å². The first-order chi connectivity index (χ1) is 18.2. The van der Waals surface area contributed by atoms with E-state index in [0.29, 0.717) is 16.9 Å². The maximum Gasteiger partial charge on any atom is 0.503 e. The van der Waals surface area contributed by atoms with Gasteiger partial charge in [0.1, 0.15) is 11.6 Å². The summed E-state index contributed by atoms with van der Waals surface area (Å²) in [7, 11) is 0. The molecule has 208 valence electrons. The van der Waals surface area contributed by atoms with Crippen molar-refractivity contribution in [2.24, 2.45) is 0 Å². The van der Waals surface area contributed by atoms with E-state index < -0.39 is 36.0 Å². The van der Waals surface area contributed by atoms with Crippen molar-refractivity contribution < 1.29 is 44.3 Å². The van der Waals surface area contributed by atoms with E-state index in [2.05, 4.69) is 20.6 Å². The van der Waals surface area contributed by atoms with Crippen LogP contribution in [0, 0.1) is 0 Å². The van der Waals surface area contributed by atoms with Gasteiger partial charge in [-0.15, -0.1) is 0 Å². The van der Waals surface area contributed by atoms with Crippen molar-refractivity contribution in [3.05, 3.63) is 72.4 Å². The molecule has 0 unspecified atom stereocenters. The van der Waals surface area contributed by atoms with E-state index in [4.69, 9.17) is 40.5 Å². The van der Waals surface area contributed by atoms with Crippen LogP contribution in [0.25, 0.3) is 11.3 Å². The maximum atomic E-state index is 13.0. The smallest absolute Gasteiger partial charge is 0.450 e. The van der Waals surface area contributed by atoms with E-state index in [1.165, 1.54) is 0 Å². The van der Waals surface area contributed by atoms with E-state index >= 15 is 0 Å². The van der Waals surface area contributed by atoms with Crippen molar-refractivity contribution in [3.63, 3.8) is 0 Å². The molecule has 3 aromatic rings. The third-order valence-electron chi connectivity index (χ3n) is 4.18. The van der Waals surface area contributed by atoms with Gasteiger partial charge >= 0.3 is 18.4 Å². The minimum atomic E-state index is -1.83. The first-order valence-corrected chi connectivity index (χ1v) is 11.1. The molecule has 2 aromatic carbocycles. The number of benzene rings is 2. The number of nitrogens with two attached hydrogens (primary N) is 1. The number of nitrogen functional groups attached to an aromatic ring is 1. The minimum absolute atomic E-state index is 0.189. The van der Waals surface area contributed by atoms with Gasteiger partial charge in [-0.3, -0.25) is 4.79 Å². The molecule has 0 spiro atoms. The van der Waals surface area contributed by atoms with Gasteiger partial charge in [0.25, 0.3) is 5.91 Å². The summed E-state index contributed by atoms with van der Waals surface area (Å²) in [4.78, 5) is 50.5. The third-order valence-corrected chi connectivity index (χ3v) is 4.18. The van der Waals surface area contributed by atoms with Crippen molar-refractivity contribution >= 4 is 35.9 Å². The summed E-state index contributed by atoms with van der Waals surface area (Å²) in [5.41, 5.74) is 7.68. The van der Waals surface area contributed by atoms with Gasteiger partial charge in [0.05, 0.1) is 5.69 Å². The Hall–Kier alpha value is -5.40. The van der Waals surface area contributed by atoms with Crippen molar-refractivity contribution in [1.29, 1.82) is 0 Å². The first-order valence-electron chi connectivity index (χ1n) is 11.1. The van der Waals surface area contributed by atoms with Crippen LogP contribution in [-0.4, -0.2) is 60.3 Å². The Morgan fingerprint density at radius 3 is 1.90 bits per heavy atom. The molecule has 0 aliphatic heterocycles. The van der Waals surface area contributed by atoms with Gasteiger partial charge in [0.15, 0.2) is 0 Å². The van der Waals surface area contributed by atoms with Crippen LogP contribution in [0.2, 0.25) is 0 Å². The Kier molecular flexibility index (Phi) is 12.2. The fourth-order valence-electron chi connectivity index (χ4n) is 2.84. The van der Waals surface area contributed by atoms with Crippen molar-refractivity contribution in [2.45, 2.75) is 32.4 Å². The molecule has 2 amide bonds. The zero-order valence-electron chi connectivity index (χ0n) is 21.2. The van der Waals surface area contributed by atoms with Gasteiger partial charge in [0, 0.05) is 17.4 Å². The average Bonchev–Trinajstić information content (AvgIpc) is 2.82. The van der Waals surface area contributed by atoms with Gasteiger partial charge in [0.2, 0.25) is 5.95 Å². The van der Waals surface area contributed by atoms with Crippen LogP contribution in [0.3, 0.4) is 0 Å². The summed E-state index contributed by atoms with van der Waals surface area (Å²) in [5.74, 6) is -0.204. The quantitative estimate of drug-likeness (QED) is 0.237. The monoisotopic (exact) mass is 543 g/mol. The molecular weight excluding hydrogens is 514 g/mol. The third kappa shape index (κ3) is 13.5. The number of alkyl carbamates (subject to hydrolysis) is 1. The minimum Gasteiger partial charge on any atom is -0.450 e. The average molecular weight is 544 g/mol. The summed E-state index contributed by atoms with van der Waals surface area (Å²) >= 11 is 0. The Balaban J connectivity index is 0.000000838. The molecule has 3 rings (SSSR count). The normalized spacial score (nSPS) is 10.7. The predicted molar refractivity (Wildman–Crippen MR) is 140 cm³/mol. The maximum absolute atomic E-state index is 13.0. The van der Waals surface area contributed by atoms with E-state index in [1.54, 1.807) is 69.4 Å². The number of carbonyl (C=O) groups is 4. The number of hydrogen-bond acceptors (Lipinski definition) is 8.